The minimum Gasteiger partial charge on any atom is -0.392 e. The topological polar surface area (TPSA) is 55.1 Å². The van der Waals surface area contributed by atoms with Crippen molar-refractivity contribution in [3.8, 4) is 0 Å². The summed E-state index contributed by atoms with van der Waals surface area (Å²) in [5, 5.41) is 3.03. The average Bonchev–Trinajstić information content (AvgIpc) is 2.47. The van der Waals surface area contributed by atoms with E-state index in [1.807, 2.05) is 18.2 Å². The molecule has 3 nitrogen and oxygen atoms in total. The zero-order valence-electron chi connectivity index (χ0n) is 11.6. The number of halogens is 2. The monoisotopic (exact) mass is 480 g/mol. The molecule has 114 valence electrons. The Labute approximate surface area is 152 Å². The van der Waals surface area contributed by atoms with Crippen LogP contribution in [0.2, 0.25) is 0 Å². The van der Waals surface area contributed by atoms with Gasteiger partial charge < -0.3 is 11.1 Å². The summed E-state index contributed by atoms with van der Waals surface area (Å²) >= 11 is 10.8. The molecule has 0 saturated heterocycles. The summed E-state index contributed by atoms with van der Waals surface area (Å²) < 4.78 is 1.80. The standard InChI is InChI=1S/C15H18BrIN2OS/c16-12-7-6-10(17)8-11(12)15(20)19-13(14(18)21)9-4-2-1-3-5-9/h6-9,13H,1-5H2,(H2,18,21)(H,19,20). The van der Waals surface area contributed by atoms with Crippen LogP contribution in [0, 0.1) is 9.49 Å². The molecule has 1 unspecified atom stereocenters. The van der Waals surface area contributed by atoms with Crippen molar-refractivity contribution in [2.75, 3.05) is 0 Å². The second kappa shape index (κ2) is 7.87. The van der Waals surface area contributed by atoms with Crippen molar-refractivity contribution in [3.05, 3.63) is 31.8 Å². The third kappa shape index (κ3) is 4.63. The molecule has 1 aliphatic rings. The smallest absolute Gasteiger partial charge is 0.253 e. The predicted octanol–water partition coefficient (Wildman–Crippen LogP) is 4.02. The molecule has 1 aromatic carbocycles. The van der Waals surface area contributed by atoms with Gasteiger partial charge >= 0.3 is 0 Å². The molecule has 0 aliphatic heterocycles. The van der Waals surface area contributed by atoms with E-state index in [-0.39, 0.29) is 11.9 Å². The number of nitrogens with two attached hydrogens (primary N) is 1. The molecule has 1 fully saturated rings. The molecule has 21 heavy (non-hydrogen) atoms. The van der Waals surface area contributed by atoms with Gasteiger partial charge in [0, 0.05) is 8.04 Å². The molecule has 0 aromatic heterocycles. The molecule has 0 radical (unpaired) electrons. The van der Waals surface area contributed by atoms with E-state index in [2.05, 4.69) is 43.8 Å². The second-order valence-corrected chi connectivity index (χ2v) is 7.95. The minimum atomic E-state index is -0.211. The van der Waals surface area contributed by atoms with Gasteiger partial charge in [0.15, 0.2) is 0 Å². The Balaban J connectivity index is 2.14. The Morgan fingerprint density at radius 1 is 1.38 bits per heavy atom. The van der Waals surface area contributed by atoms with Gasteiger partial charge in [0.2, 0.25) is 0 Å². The Morgan fingerprint density at radius 2 is 2.05 bits per heavy atom. The van der Waals surface area contributed by atoms with Gasteiger partial charge in [-0.3, -0.25) is 4.79 Å². The molecule has 0 spiro atoms. The SMILES string of the molecule is NC(=S)C(NC(=O)c1cc(I)ccc1Br)C1CCCCC1. The average molecular weight is 481 g/mol. The molecule has 1 saturated carbocycles. The van der Waals surface area contributed by atoms with Crippen LogP contribution in [0.3, 0.4) is 0 Å². The number of rotatable bonds is 4. The first-order chi connectivity index (χ1) is 9.99. The van der Waals surface area contributed by atoms with Gasteiger partial charge in [-0.2, -0.15) is 0 Å². The van der Waals surface area contributed by atoms with Crippen LogP contribution in [0.25, 0.3) is 0 Å². The Kier molecular flexibility index (Phi) is 6.43. The largest absolute Gasteiger partial charge is 0.392 e. The van der Waals surface area contributed by atoms with Crippen LogP contribution in [-0.2, 0) is 0 Å². The van der Waals surface area contributed by atoms with E-state index in [0.717, 1.165) is 20.9 Å². The molecule has 0 heterocycles. The van der Waals surface area contributed by atoms with Crippen molar-refractivity contribution in [1.29, 1.82) is 0 Å². The summed E-state index contributed by atoms with van der Waals surface area (Å²) in [5.74, 6) is 0.241. The zero-order chi connectivity index (χ0) is 15.4. The Hall–Kier alpha value is -0.210. The van der Waals surface area contributed by atoms with Crippen molar-refractivity contribution in [1.82, 2.24) is 5.32 Å². The van der Waals surface area contributed by atoms with Crippen LogP contribution in [-0.4, -0.2) is 16.9 Å². The van der Waals surface area contributed by atoms with E-state index in [1.165, 1.54) is 19.3 Å². The maximum absolute atomic E-state index is 12.5. The fourth-order valence-electron chi connectivity index (χ4n) is 2.78. The fraction of sp³-hybridized carbons (Fsp3) is 0.467. The first-order valence-electron chi connectivity index (χ1n) is 7.04. The van der Waals surface area contributed by atoms with Gasteiger partial charge in [0.1, 0.15) is 0 Å². The summed E-state index contributed by atoms with van der Waals surface area (Å²) in [6.45, 7) is 0. The number of carbonyl (C=O) groups excluding carboxylic acids is 1. The highest BCUT2D eigenvalue weighted by Gasteiger charge is 2.28. The van der Waals surface area contributed by atoms with Gasteiger partial charge in [0.05, 0.1) is 16.6 Å². The van der Waals surface area contributed by atoms with Crippen molar-refractivity contribution < 1.29 is 4.79 Å². The third-order valence-corrected chi connectivity index (χ3v) is 5.50. The third-order valence-electron chi connectivity index (χ3n) is 3.89. The zero-order valence-corrected chi connectivity index (χ0v) is 16.1. The van der Waals surface area contributed by atoms with E-state index in [9.17, 15) is 4.79 Å². The van der Waals surface area contributed by atoms with Gasteiger partial charge in [-0.25, -0.2) is 0 Å². The number of benzene rings is 1. The second-order valence-electron chi connectivity index (χ2n) is 5.38. The van der Waals surface area contributed by atoms with E-state index < -0.39 is 0 Å². The molecular formula is C15H18BrIN2OS. The predicted molar refractivity (Wildman–Crippen MR) is 101 cm³/mol. The normalized spacial score (nSPS) is 17.2. The first-order valence-corrected chi connectivity index (χ1v) is 9.32. The van der Waals surface area contributed by atoms with Crippen LogP contribution in [0.15, 0.2) is 22.7 Å². The van der Waals surface area contributed by atoms with Crippen LogP contribution in [0.1, 0.15) is 42.5 Å². The maximum atomic E-state index is 12.5. The molecule has 1 aromatic rings. The van der Waals surface area contributed by atoms with Crippen molar-refractivity contribution in [2.24, 2.45) is 11.7 Å². The molecule has 2 rings (SSSR count). The first kappa shape index (κ1) is 17.1. The van der Waals surface area contributed by atoms with E-state index in [4.69, 9.17) is 18.0 Å². The van der Waals surface area contributed by atoms with Crippen molar-refractivity contribution in [3.63, 3.8) is 0 Å². The summed E-state index contributed by atoms with van der Waals surface area (Å²) in [4.78, 5) is 12.9. The minimum absolute atomic E-state index is 0.122. The van der Waals surface area contributed by atoms with E-state index >= 15 is 0 Å². The van der Waals surface area contributed by atoms with Crippen LogP contribution in [0.5, 0.6) is 0 Å². The summed E-state index contributed by atoms with van der Waals surface area (Å²) in [6.07, 6.45) is 5.79. The molecule has 1 amide bonds. The van der Waals surface area contributed by atoms with E-state index in [0.29, 0.717) is 16.5 Å². The number of nitrogens with one attached hydrogen (secondary N) is 1. The van der Waals surface area contributed by atoms with Gasteiger partial charge in [-0.15, -0.1) is 0 Å². The van der Waals surface area contributed by atoms with Crippen molar-refractivity contribution in [2.45, 2.75) is 38.1 Å². The maximum Gasteiger partial charge on any atom is 0.253 e. The summed E-state index contributed by atoms with van der Waals surface area (Å²) in [6, 6.07) is 5.48. The van der Waals surface area contributed by atoms with Gasteiger partial charge in [-0.05, 0) is 75.5 Å². The lowest BCUT2D eigenvalue weighted by atomic mass is 9.83. The molecule has 6 heteroatoms. The van der Waals surface area contributed by atoms with Gasteiger partial charge in [0.25, 0.3) is 5.91 Å². The van der Waals surface area contributed by atoms with Crippen molar-refractivity contribution >= 4 is 61.6 Å². The summed E-state index contributed by atoms with van der Waals surface area (Å²) in [5.41, 5.74) is 6.49. The molecular weight excluding hydrogens is 463 g/mol. The van der Waals surface area contributed by atoms with Gasteiger partial charge in [-0.1, -0.05) is 31.5 Å². The molecule has 3 N–H and O–H groups in total. The number of hydrogen-bond acceptors (Lipinski definition) is 2. The Bertz CT molecular complexity index is 546. The lowest BCUT2D eigenvalue weighted by Gasteiger charge is -2.30. The highest BCUT2D eigenvalue weighted by atomic mass is 127. The van der Waals surface area contributed by atoms with Crippen LogP contribution >= 0.6 is 50.7 Å². The number of carbonyl (C=O) groups is 1. The summed E-state index contributed by atoms with van der Waals surface area (Å²) in [7, 11) is 0. The molecule has 0 bridgehead atoms. The highest BCUT2D eigenvalue weighted by Crippen LogP contribution is 2.27. The van der Waals surface area contributed by atoms with Crippen LogP contribution in [0.4, 0.5) is 0 Å². The molecule has 1 aliphatic carbocycles. The number of hydrogen-bond donors (Lipinski definition) is 2. The Morgan fingerprint density at radius 3 is 2.67 bits per heavy atom. The van der Waals surface area contributed by atoms with Crippen LogP contribution < -0.4 is 11.1 Å². The lowest BCUT2D eigenvalue weighted by molar-refractivity contribution is 0.0931. The quantitative estimate of drug-likeness (QED) is 0.505. The molecule has 1 atom stereocenters. The van der Waals surface area contributed by atoms with E-state index in [1.54, 1.807) is 0 Å². The lowest BCUT2D eigenvalue weighted by Crippen LogP contribution is -2.48. The fourth-order valence-corrected chi connectivity index (χ4v) is 3.95. The number of amides is 1. The number of thiocarbonyl (C=S) groups is 1. The highest BCUT2D eigenvalue weighted by molar-refractivity contribution is 14.1.